The van der Waals surface area contributed by atoms with Crippen LogP contribution in [0.4, 0.5) is 0 Å². The van der Waals surface area contributed by atoms with Gasteiger partial charge in [-0.05, 0) is 12.1 Å². The average molecular weight is 216 g/mol. The van der Waals surface area contributed by atoms with E-state index in [1.165, 1.54) is 7.11 Å². The van der Waals surface area contributed by atoms with Crippen molar-refractivity contribution < 1.29 is 13.3 Å². The molecule has 1 aromatic rings. The summed E-state index contributed by atoms with van der Waals surface area (Å²) in [7, 11) is -2.08. The highest BCUT2D eigenvalue weighted by molar-refractivity contribution is 7.89. The van der Waals surface area contributed by atoms with Gasteiger partial charge in [-0.15, -0.1) is 0 Å². The molecule has 1 aromatic heterocycles. The molecule has 0 radical (unpaired) electrons. The largest absolute Gasteiger partial charge is 0.290 e. The number of pyridine rings is 1. The minimum absolute atomic E-state index is 0.0299. The first kappa shape index (κ1) is 11.1. The number of nitrogens with zero attached hydrogens (tertiary/aromatic N) is 1. The minimum Gasteiger partial charge on any atom is -0.290 e. The van der Waals surface area contributed by atoms with Crippen molar-refractivity contribution in [1.29, 1.82) is 0 Å². The topological polar surface area (TPSA) is 68.3 Å². The molecule has 0 aliphatic carbocycles. The van der Waals surface area contributed by atoms with Crippen LogP contribution in [0, 0.1) is 0 Å². The van der Waals surface area contributed by atoms with Crippen LogP contribution in [0.5, 0.6) is 0 Å². The van der Waals surface area contributed by atoms with Crippen LogP contribution in [0.2, 0.25) is 0 Å². The van der Waals surface area contributed by atoms with Crippen LogP contribution in [0.15, 0.2) is 24.4 Å². The van der Waals surface area contributed by atoms with Crippen molar-refractivity contribution in [3.63, 3.8) is 0 Å². The zero-order valence-electron chi connectivity index (χ0n) is 7.80. The normalized spacial score (nSPS) is 11.5. The number of rotatable bonds is 5. The first-order valence-electron chi connectivity index (χ1n) is 4.06. The molecule has 0 aliphatic heterocycles. The van der Waals surface area contributed by atoms with E-state index in [0.29, 0.717) is 6.42 Å². The number of aryl methyl sites for hydroxylation is 1. The molecule has 0 saturated heterocycles. The van der Waals surface area contributed by atoms with Crippen molar-refractivity contribution in [2.24, 2.45) is 0 Å². The van der Waals surface area contributed by atoms with Crippen LogP contribution in [0.3, 0.4) is 0 Å². The Bertz CT molecular complexity index is 363. The molecule has 0 unspecified atom stereocenters. The zero-order chi connectivity index (χ0) is 10.4. The van der Waals surface area contributed by atoms with Crippen molar-refractivity contribution in [2.45, 2.75) is 6.42 Å². The lowest BCUT2D eigenvalue weighted by Crippen LogP contribution is -2.26. The zero-order valence-corrected chi connectivity index (χ0v) is 8.62. The van der Waals surface area contributed by atoms with Crippen LogP contribution in [-0.4, -0.2) is 26.3 Å². The molecule has 0 atom stereocenters. The summed E-state index contributed by atoms with van der Waals surface area (Å²) in [5.41, 5.74) is 0.744. The summed E-state index contributed by atoms with van der Waals surface area (Å²) < 4.78 is 22.3. The lowest BCUT2D eigenvalue weighted by molar-refractivity contribution is 0.153. The maximum Gasteiger partial charge on any atom is 0.233 e. The van der Waals surface area contributed by atoms with Gasteiger partial charge in [-0.3, -0.25) is 9.82 Å². The van der Waals surface area contributed by atoms with Gasteiger partial charge >= 0.3 is 0 Å². The van der Waals surface area contributed by atoms with Crippen molar-refractivity contribution in [3.8, 4) is 0 Å². The standard InChI is InChI=1S/C8H12N2O3S/c1-13-10-14(11,12)7-5-8-4-2-3-6-9-8/h2-4,6,10H,5,7H2,1H3. The molecule has 78 valence electrons. The van der Waals surface area contributed by atoms with Gasteiger partial charge in [0.05, 0.1) is 12.9 Å². The van der Waals surface area contributed by atoms with Crippen molar-refractivity contribution >= 4 is 10.0 Å². The van der Waals surface area contributed by atoms with E-state index in [0.717, 1.165) is 5.69 Å². The lowest BCUT2D eigenvalue weighted by atomic mass is 10.3. The molecule has 0 spiro atoms. The second kappa shape index (κ2) is 5.04. The van der Waals surface area contributed by atoms with E-state index in [2.05, 4.69) is 9.82 Å². The Kier molecular flexibility index (Phi) is 3.99. The van der Waals surface area contributed by atoms with E-state index in [1.807, 2.05) is 11.0 Å². The second-order valence-electron chi connectivity index (χ2n) is 2.68. The Hall–Kier alpha value is -0.980. The summed E-state index contributed by atoms with van der Waals surface area (Å²) in [5.74, 6) is -0.0299. The molecular formula is C8H12N2O3S. The van der Waals surface area contributed by atoms with Crippen LogP contribution < -0.4 is 4.89 Å². The fraction of sp³-hybridized carbons (Fsp3) is 0.375. The minimum atomic E-state index is -3.34. The highest BCUT2D eigenvalue weighted by Gasteiger charge is 2.09. The molecule has 0 saturated carbocycles. The highest BCUT2D eigenvalue weighted by atomic mass is 32.2. The average Bonchev–Trinajstić information content (AvgIpc) is 2.17. The highest BCUT2D eigenvalue weighted by Crippen LogP contribution is 1.97. The number of hydrogen-bond donors (Lipinski definition) is 1. The second-order valence-corrected chi connectivity index (χ2v) is 4.48. The molecule has 0 aromatic carbocycles. The molecule has 0 amide bonds. The summed E-state index contributed by atoms with van der Waals surface area (Å²) in [6, 6.07) is 5.38. The molecule has 5 nitrogen and oxygen atoms in total. The number of nitrogens with one attached hydrogen (secondary N) is 1. The van der Waals surface area contributed by atoms with Gasteiger partial charge in [-0.1, -0.05) is 11.0 Å². The first-order chi connectivity index (χ1) is 6.64. The van der Waals surface area contributed by atoms with Gasteiger partial charge in [0.2, 0.25) is 10.0 Å². The summed E-state index contributed by atoms with van der Waals surface area (Å²) in [5, 5.41) is 0. The monoisotopic (exact) mass is 216 g/mol. The molecule has 0 aliphatic rings. The van der Waals surface area contributed by atoms with Gasteiger partial charge in [-0.2, -0.15) is 0 Å². The quantitative estimate of drug-likeness (QED) is 0.709. The smallest absolute Gasteiger partial charge is 0.233 e. The number of aromatic nitrogens is 1. The third kappa shape index (κ3) is 3.82. The first-order valence-corrected chi connectivity index (χ1v) is 5.71. The van der Waals surface area contributed by atoms with Crippen molar-refractivity contribution in [2.75, 3.05) is 12.9 Å². The number of hydrogen-bond acceptors (Lipinski definition) is 4. The molecule has 6 heteroatoms. The fourth-order valence-corrected chi connectivity index (χ4v) is 1.77. The van der Waals surface area contributed by atoms with Crippen LogP contribution in [0.1, 0.15) is 5.69 Å². The van der Waals surface area contributed by atoms with Crippen LogP contribution in [0.25, 0.3) is 0 Å². The third-order valence-electron chi connectivity index (χ3n) is 1.56. The SMILES string of the molecule is CONS(=O)(=O)CCc1ccccn1. The van der Waals surface area contributed by atoms with E-state index in [9.17, 15) is 8.42 Å². The molecule has 1 N–H and O–H groups in total. The van der Waals surface area contributed by atoms with Crippen molar-refractivity contribution in [1.82, 2.24) is 9.87 Å². The van der Waals surface area contributed by atoms with Gasteiger partial charge in [-0.25, -0.2) is 8.42 Å². The van der Waals surface area contributed by atoms with Crippen molar-refractivity contribution in [3.05, 3.63) is 30.1 Å². The Labute approximate surface area is 83.1 Å². The Balaban J connectivity index is 2.49. The van der Waals surface area contributed by atoms with Gasteiger partial charge in [0.25, 0.3) is 0 Å². The maximum absolute atomic E-state index is 11.1. The molecule has 0 bridgehead atoms. The molecule has 14 heavy (non-hydrogen) atoms. The third-order valence-corrected chi connectivity index (χ3v) is 2.73. The molecule has 1 rings (SSSR count). The van der Waals surface area contributed by atoms with E-state index in [4.69, 9.17) is 0 Å². The fourth-order valence-electron chi connectivity index (χ4n) is 0.954. The molecule has 1 heterocycles. The van der Waals surface area contributed by atoms with Gasteiger partial charge in [0.15, 0.2) is 0 Å². The van der Waals surface area contributed by atoms with Gasteiger partial charge in [0.1, 0.15) is 0 Å². The Morgan fingerprint density at radius 2 is 2.29 bits per heavy atom. The Morgan fingerprint density at radius 1 is 1.50 bits per heavy atom. The summed E-state index contributed by atoms with van der Waals surface area (Å²) in [6.07, 6.45) is 2.01. The van der Waals surface area contributed by atoms with E-state index in [1.54, 1.807) is 18.3 Å². The van der Waals surface area contributed by atoms with Gasteiger partial charge in [0, 0.05) is 18.3 Å². The van der Waals surface area contributed by atoms with E-state index >= 15 is 0 Å². The predicted octanol–water partition coefficient (Wildman–Crippen LogP) is 0.105. The predicted molar refractivity (Wildman–Crippen MR) is 51.9 cm³/mol. The molecule has 0 fully saturated rings. The van der Waals surface area contributed by atoms with Crippen LogP contribution in [-0.2, 0) is 21.3 Å². The van der Waals surface area contributed by atoms with E-state index in [-0.39, 0.29) is 5.75 Å². The number of sulfonamides is 1. The van der Waals surface area contributed by atoms with Gasteiger partial charge < -0.3 is 0 Å². The Morgan fingerprint density at radius 3 is 2.86 bits per heavy atom. The summed E-state index contributed by atoms with van der Waals surface area (Å²) in [4.78, 5) is 10.3. The maximum atomic E-state index is 11.1. The van der Waals surface area contributed by atoms with Crippen LogP contribution >= 0.6 is 0 Å². The summed E-state index contributed by atoms with van der Waals surface area (Å²) in [6.45, 7) is 0. The summed E-state index contributed by atoms with van der Waals surface area (Å²) >= 11 is 0. The van der Waals surface area contributed by atoms with E-state index < -0.39 is 10.0 Å². The lowest BCUT2D eigenvalue weighted by Gasteiger charge is -2.03. The molecular weight excluding hydrogens is 204 g/mol.